The molecule has 0 saturated carbocycles. The lowest BCUT2D eigenvalue weighted by Crippen LogP contribution is -2.50. The summed E-state index contributed by atoms with van der Waals surface area (Å²) in [5.74, 6) is 0.360. The van der Waals surface area contributed by atoms with Crippen molar-refractivity contribution in [2.45, 2.75) is 45.1 Å². The molecule has 24 heavy (non-hydrogen) atoms. The van der Waals surface area contributed by atoms with E-state index in [0.717, 1.165) is 0 Å². The van der Waals surface area contributed by atoms with Crippen molar-refractivity contribution in [3.63, 3.8) is 0 Å². The maximum absolute atomic E-state index is 14.3. The number of carbonyl (C=O) groups excluding carboxylic acids is 1. The number of nitro benzene ring substituents is 1. The summed E-state index contributed by atoms with van der Waals surface area (Å²) in [5, 5.41) is 10.6. The molecule has 1 aliphatic heterocycles. The third kappa shape index (κ3) is 4.81. The predicted octanol–water partition coefficient (Wildman–Crippen LogP) is 3.32. The highest BCUT2D eigenvalue weighted by Crippen LogP contribution is 2.24. The van der Waals surface area contributed by atoms with Gasteiger partial charge in [-0.15, -0.1) is 0 Å². The van der Waals surface area contributed by atoms with E-state index in [1.165, 1.54) is 29.2 Å². The molecule has 1 aromatic rings. The van der Waals surface area contributed by atoms with Gasteiger partial charge in [0.2, 0.25) is 0 Å². The summed E-state index contributed by atoms with van der Waals surface area (Å²) >= 11 is 0. The molecule has 8 heteroatoms. The van der Waals surface area contributed by atoms with Gasteiger partial charge in [-0.2, -0.15) is 0 Å². The van der Waals surface area contributed by atoms with E-state index in [-0.39, 0.29) is 12.2 Å². The Morgan fingerprint density at radius 3 is 2.46 bits per heavy atom. The van der Waals surface area contributed by atoms with Gasteiger partial charge in [-0.3, -0.25) is 10.1 Å². The second-order valence-electron chi connectivity index (χ2n) is 6.64. The van der Waals surface area contributed by atoms with E-state index in [1.54, 1.807) is 20.8 Å². The number of carbonyl (C=O) groups is 1. The first kappa shape index (κ1) is 18.0. The molecule has 1 fully saturated rings. The summed E-state index contributed by atoms with van der Waals surface area (Å²) in [6.07, 6.45) is -2.29. The Morgan fingerprint density at radius 1 is 1.33 bits per heavy atom. The lowest BCUT2D eigenvalue weighted by atomic mass is 10.1. The maximum atomic E-state index is 14.3. The van der Waals surface area contributed by atoms with Gasteiger partial charge in [0.15, 0.2) is 6.17 Å². The van der Waals surface area contributed by atoms with Crippen molar-refractivity contribution in [1.82, 2.24) is 4.90 Å². The Morgan fingerprint density at radius 2 is 1.96 bits per heavy atom. The second kappa shape index (κ2) is 7.02. The van der Waals surface area contributed by atoms with Crippen LogP contribution >= 0.6 is 0 Å². The number of halogens is 1. The lowest BCUT2D eigenvalue weighted by Gasteiger charge is -2.35. The zero-order valence-corrected chi connectivity index (χ0v) is 13.9. The fourth-order valence-corrected chi connectivity index (χ4v) is 2.33. The normalized spacial score (nSPS) is 21.2. The summed E-state index contributed by atoms with van der Waals surface area (Å²) in [5.41, 5.74) is -0.687. The van der Waals surface area contributed by atoms with Crippen LogP contribution < -0.4 is 4.74 Å². The van der Waals surface area contributed by atoms with Gasteiger partial charge in [-0.05, 0) is 32.9 Å². The Hall–Kier alpha value is -2.38. The molecule has 1 aliphatic rings. The van der Waals surface area contributed by atoms with Crippen LogP contribution in [0.4, 0.5) is 14.9 Å². The van der Waals surface area contributed by atoms with Crippen LogP contribution in [0.25, 0.3) is 0 Å². The van der Waals surface area contributed by atoms with E-state index in [1.807, 2.05) is 0 Å². The van der Waals surface area contributed by atoms with E-state index in [0.29, 0.717) is 18.7 Å². The SMILES string of the molecule is CC(C)(C)OC(=O)N1CCC(Oc2ccc([N+](=O)[O-])cc2)C(F)C1. The molecule has 1 amide bonds. The summed E-state index contributed by atoms with van der Waals surface area (Å²) in [6.45, 7) is 5.48. The average Bonchev–Trinajstić information content (AvgIpc) is 2.48. The standard InChI is InChI=1S/C16H21FN2O5/c1-16(2,3)24-15(20)18-9-8-14(13(17)10-18)23-12-6-4-11(5-7-12)19(21)22/h4-7,13-14H,8-10H2,1-3H3. The van der Waals surface area contributed by atoms with Crippen molar-refractivity contribution in [3.8, 4) is 5.75 Å². The van der Waals surface area contributed by atoms with Crippen LogP contribution in [-0.4, -0.2) is 46.9 Å². The highest BCUT2D eigenvalue weighted by Gasteiger charge is 2.34. The van der Waals surface area contributed by atoms with Crippen molar-refractivity contribution in [2.75, 3.05) is 13.1 Å². The Labute approximate surface area is 139 Å². The molecule has 0 aromatic heterocycles. The molecular formula is C16H21FN2O5. The van der Waals surface area contributed by atoms with E-state index < -0.39 is 28.9 Å². The molecule has 7 nitrogen and oxygen atoms in total. The Balaban J connectivity index is 1.91. The number of ether oxygens (including phenoxy) is 2. The third-order valence-corrected chi connectivity index (χ3v) is 3.47. The monoisotopic (exact) mass is 340 g/mol. The van der Waals surface area contributed by atoms with Crippen LogP contribution in [0.2, 0.25) is 0 Å². The van der Waals surface area contributed by atoms with Gasteiger partial charge in [-0.25, -0.2) is 9.18 Å². The summed E-state index contributed by atoms with van der Waals surface area (Å²) in [6, 6.07) is 5.48. The van der Waals surface area contributed by atoms with Crippen molar-refractivity contribution >= 4 is 11.8 Å². The molecule has 132 valence electrons. The Kier molecular flexibility index (Phi) is 5.26. The van der Waals surface area contributed by atoms with Crippen LogP contribution in [0.1, 0.15) is 27.2 Å². The van der Waals surface area contributed by atoms with Crippen LogP contribution in [-0.2, 0) is 4.74 Å². The molecule has 2 unspecified atom stereocenters. The largest absolute Gasteiger partial charge is 0.487 e. The average molecular weight is 340 g/mol. The number of hydrogen-bond donors (Lipinski definition) is 0. The van der Waals surface area contributed by atoms with Gasteiger partial charge in [0.25, 0.3) is 5.69 Å². The molecule has 0 N–H and O–H groups in total. The van der Waals surface area contributed by atoms with Gasteiger partial charge in [0, 0.05) is 25.1 Å². The molecule has 0 spiro atoms. The molecule has 1 saturated heterocycles. The van der Waals surface area contributed by atoms with Gasteiger partial charge in [-0.1, -0.05) is 0 Å². The van der Waals surface area contributed by atoms with E-state index in [4.69, 9.17) is 9.47 Å². The molecule has 1 aromatic carbocycles. The topological polar surface area (TPSA) is 81.9 Å². The van der Waals surface area contributed by atoms with Gasteiger partial charge < -0.3 is 14.4 Å². The van der Waals surface area contributed by atoms with Crippen molar-refractivity contribution in [1.29, 1.82) is 0 Å². The molecule has 2 atom stereocenters. The summed E-state index contributed by atoms with van der Waals surface area (Å²) in [4.78, 5) is 23.4. The fraction of sp³-hybridized carbons (Fsp3) is 0.562. The number of likely N-dealkylation sites (tertiary alicyclic amines) is 1. The second-order valence-corrected chi connectivity index (χ2v) is 6.64. The smallest absolute Gasteiger partial charge is 0.410 e. The number of nitro groups is 1. The van der Waals surface area contributed by atoms with E-state index in [2.05, 4.69) is 0 Å². The molecule has 0 aliphatic carbocycles. The van der Waals surface area contributed by atoms with Gasteiger partial charge in [0.05, 0.1) is 11.5 Å². The number of amides is 1. The number of nitrogens with zero attached hydrogens (tertiary/aromatic N) is 2. The number of piperidine rings is 1. The molecular weight excluding hydrogens is 319 g/mol. The predicted molar refractivity (Wildman–Crippen MR) is 84.8 cm³/mol. The number of non-ortho nitro benzene ring substituents is 1. The van der Waals surface area contributed by atoms with Crippen LogP contribution in [0.15, 0.2) is 24.3 Å². The lowest BCUT2D eigenvalue weighted by molar-refractivity contribution is -0.384. The minimum Gasteiger partial charge on any atom is -0.487 e. The minimum atomic E-state index is -1.36. The third-order valence-electron chi connectivity index (χ3n) is 3.47. The first-order chi connectivity index (χ1) is 11.2. The van der Waals surface area contributed by atoms with E-state index in [9.17, 15) is 19.3 Å². The van der Waals surface area contributed by atoms with Crippen molar-refractivity contribution in [3.05, 3.63) is 34.4 Å². The zero-order chi connectivity index (χ0) is 17.9. The maximum Gasteiger partial charge on any atom is 0.410 e. The van der Waals surface area contributed by atoms with Crippen LogP contribution in [0, 0.1) is 10.1 Å². The quantitative estimate of drug-likeness (QED) is 0.623. The van der Waals surface area contributed by atoms with Gasteiger partial charge >= 0.3 is 6.09 Å². The number of alkyl halides is 1. The number of rotatable bonds is 3. The summed E-state index contributed by atoms with van der Waals surface area (Å²) < 4.78 is 25.1. The van der Waals surface area contributed by atoms with Crippen molar-refractivity contribution in [2.24, 2.45) is 0 Å². The fourth-order valence-electron chi connectivity index (χ4n) is 2.33. The molecule has 0 bridgehead atoms. The highest BCUT2D eigenvalue weighted by atomic mass is 19.1. The number of benzene rings is 1. The van der Waals surface area contributed by atoms with Crippen molar-refractivity contribution < 1.29 is 23.6 Å². The molecule has 1 heterocycles. The molecule has 2 rings (SSSR count). The van der Waals surface area contributed by atoms with Crippen LogP contribution in [0.5, 0.6) is 5.75 Å². The Bertz CT molecular complexity index is 599. The minimum absolute atomic E-state index is 0.0566. The van der Waals surface area contributed by atoms with E-state index >= 15 is 0 Å². The first-order valence-electron chi connectivity index (χ1n) is 7.69. The summed E-state index contributed by atoms with van der Waals surface area (Å²) in [7, 11) is 0. The first-order valence-corrected chi connectivity index (χ1v) is 7.69. The van der Waals surface area contributed by atoms with Crippen LogP contribution in [0.3, 0.4) is 0 Å². The number of hydrogen-bond acceptors (Lipinski definition) is 5. The molecule has 0 radical (unpaired) electrons. The highest BCUT2D eigenvalue weighted by molar-refractivity contribution is 5.68. The van der Waals surface area contributed by atoms with Gasteiger partial charge in [0.1, 0.15) is 17.5 Å². The zero-order valence-electron chi connectivity index (χ0n) is 13.9.